The van der Waals surface area contributed by atoms with Gasteiger partial charge in [-0.15, -0.1) is 0 Å². The molecule has 1 unspecified atom stereocenters. The van der Waals surface area contributed by atoms with Gasteiger partial charge in [0.2, 0.25) is 0 Å². The third-order valence-electron chi connectivity index (χ3n) is 4.73. The van der Waals surface area contributed by atoms with Crippen LogP contribution < -0.4 is 5.48 Å². The van der Waals surface area contributed by atoms with Crippen LogP contribution in [-0.2, 0) is 21.1 Å². The lowest BCUT2D eigenvalue weighted by Gasteiger charge is -2.24. The SMILES string of the molecule is CC(CCc1cc(-c2ccnc3ccccc23)no1)(C(=O)NO)S(C)(=O)=O. The molecule has 0 saturated heterocycles. The standard InChI is InChI=1S/C18H19N3O5S/c1-18(17(22)20-23,27(2,24)25)9-7-12-11-16(21-26-12)14-8-10-19-15-6-4-3-5-13(14)15/h3-6,8,10-11,23H,7,9H2,1-2H3,(H,20,22). The molecule has 27 heavy (non-hydrogen) atoms. The largest absolute Gasteiger partial charge is 0.361 e. The second-order valence-electron chi connectivity index (χ2n) is 6.50. The maximum absolute atomic E-state index is 12.0. The molecule has 0 fully saturated rings. The van der Waals surface area contributed by atoms with Gasteiger partial charge in [-0.05, 0) is 25.5 Å². The van der Waals surface area contributed by atoms with Crippen molar-refractivity contribution >= 4 is 26.6 Å². The highest BCUT2D eigenvalue weighted by molar-refractivity contribution is 7.92. The first kappa shape index (κ1) is 19.0. The number of aryl methyl sites for hydroxylation is 1. The molecule has 142 valence electrons. The van der Waals surface area contributed by atoms with E-state index in [1.54, 1.807) is 12.3 Å². The Bertz CT molecular complexity index is 1090. The van der Waals surface area contributed by atoms with Gasteiger partial charge in [-0.2, -0.15) is 0 Å². The Morgan fingerprint density at radius 1 is 1.30 bits per heavy atom. The first-order chi connectivity index (χ1) is 12.8. The van der Waals surface area contributed by atoms with Crippen molar-refractivity contribution in [3.8, 4) is 11.3 Å². The molecule has 3 rings (SSSR count). The van der Waals surface area contributed by atoms with Crippen LogP contribution in [-0.4, -0.2) is 40.7 Å². The number of fused-ring (bicyclic) bond motifs is 1. The van der Waals surface area contributed by atoms with Crippen molar-refractivity contribution < 1.29 is 22.9 Å². The molecule has 2 N–H and O–H groups in total. The zero-order chi connectivity index (χ0) is 19.7. The minimum absolute atomic E-state index is 0.0655. The van der Waals surface area contributed by atoms with E-state index in [2.05, 4.69) is 10.1 Å². The van der Waals surface area contributed by atoms with Gasteiger partial charge in [0.15, 0.2) is 9.84 Å². The first-order valence-corrected chi connectivity index (χ1v) is 10.1. The van der Waals surface area contributed by atoms with Gasteiger partial charge in [-0.3, -0.25) is 15.0 Å². The van der Waals surface area contributed by atoms with Crippen molar-refractivity contribution in [1.29, 1.82) is 0 Å². The predicted octanol–water partition coefficient (Wildman–Crippen LogP) is 2.13. The Labute approximate surface area is 156 Å². The van der Waals surface area contributed by atoms with Crippen LogP contribution in [0.5, 0.6) is 0 Å². The van der Waals surface area contributed by atoms with Gasteiger partial charge in [0.05, 0.1) is 5.52 Å². The number of aromatic nitrogens is 2. The van der Waals surface area contributed by atoms with Crippen LogP contribution in [0.1, 0.15) is 19.1 Å². The van der Waals surface area contributed by atoms with Crippen molar-refractivity contribution in [3.63, 3.8) is 0 Å². The summed E-state index contributed by atoms with van der Waals surface area (Å²) in [6.45, 7) is 1.27. The Balaban J connectivity index is 1.87. The second kappa shape index (κ2) is 7.09. The average molecular weight is 389 g/mol. The van der Waals surface area contributed by atoms with E-state index in [4.69, 9.17) is 9.73 Å². The van der Waals surface area contributed by atoms with Gasteiger partial charge in [0.25, 0.3) is 5.91 Å². The molecule has 0 bridgehead atoms. The fourth-order valence-corrected chi connectivity index (χ4v) is 3.68. The van der Waals surface area contributed by atoms with E-state index in [0.29, 0.717) is 11.5 Å². The molecule has 0 aliphatic rings. The molecule has 1 atom stereocenters. The van der Waals surface area contributed by atoms with Gasteiger partial charge >= 0.3 is 0 Å². The van der Waals surface area contributed by atoms with E-state index < -0.39 is 20.5 Å². The summed E-state index contributed by atoms with van der Waals surface area (Å²) in [4.78, 5) is 16.2. The molecule has 9 heteroatoms. The summed E-state index contributed by atoms with van der Waals surface area (Å²) in [5, 5.41) is 13.9. The number of carbonyl (C=O) groups excluding carboxylic acids is 1. The maximum Gasteiger partial charge on any atom is 0.264 e. The highest BCUT2D eigenvalue weighted by Gasteiger charge is 2.43. The van der Waals surface area contributed by atoms with E-state index in [-0.39, 0.29) is 12.8 Å². The number of pyridine rings is 1. The molecule has 1 aromatic carbocycles. The van der Waals surface area contributed by atoms with Crippen LogP contribution in [0.4, 0.5) is 0 Å². The lowest BCUT2D eigenvalue weighted by atomic mass is 10.0. The fourth-order valence-electron chi connectivity index (χ4n) is 2.82. The quantitative estimate of drug-likeness (QED) is 0.489. The summed E-state index contributed by atoms with van der Waals surface area (Å²) in [5.41, 5.74) is 3.69. The number of benzene rings is 1. The normalized spacial score (nSPS) is 14.0. The van der Waals surface area contributed by atoms with Crippen LogP contribution >= 0.6 is 0 Å². The number of nitrogens with zero attached hydrogens (tertiary/aromatic N) is 2. The summed E-state index contributed by atoms with van der Waals surface area (Å²) < 4.78 is 27.6. The summed E-state index contributed by atoms with van der Waals surface area (Å²) in [6, 6.07) is 11.2. The zero-order valence-electron chi connectivity index (χ0n) is 14.8. The van der Waals surface area contributed by atoms with Gasteiger partial charge in [0.1, 0.15) is 16.2 Å². The number of sulfone groups is 1. The highest BCUT2D eigenvalue weighted by atomic mass is 32.2. The summed E-state index contributed by atoms with van der Waals surface area (Å²) in [7, 11) is -3.76. The van der Waals surface area contributed by atoms with Crippen molar-refractivity contribution in [2.45, 2.75) is 24.5 Å². The number of rotatable bonds is 6. The summed E-state index contributed by atoms with van der Waals surface area (Å²) in [6.07, 6.45) is 2.73. The van der Waals surface area contributed by atoms with Crippen LogP contribution in [0.2, 0.25) is 0 Å². The van der Waals surface area contributed by atoms with Crippen molar-refractivity contribution in [2.24, 2.45) is 0 Å². The Kier molecular flexibility index (Phi) is 4.99. The molecular weight excluding hydrogens is 370 g/mol. The minimum Gasteiger partial charge on any atom is -0.361 e. The summed E-state index contributed by atoms with van der Waals surface area (Å²) in [5.74, 6) is -0.545. The number of hydrogen-bond acceptors (Lipinski definition) is 7. The van der Waals surface area contributed by atoms with Gasteiger partial charge in [-0.25, -0.2) is 13.9 Å². The Hall–Kier alpha value is -2.78. The first-order valence-electron chi connectivity index (χ1n) is 8.20. The smallest absolute Gasteiger partial charge is 0.264 e. The third kappa shape index (κ3) is 3.56. The van der Waals surface area contributed by atoms with Crippen LogP contribution in [0.15, 0.2) is 47.1 Å². The Morgan fingerprint density at radius 3 is 2.74 bits per heavy atom. The average Bonchev–Trinajstić information content (AvgIpc) is 3.12. The molecule has 2 aromatic heterocycles. The molecule has 8 nitrogen and oxygen atoms in total. The molecule has 0 spiro atoms. The van der Waals surface area contributed by atoms with Gasteiger partial charge in [-0.1, -0.05) is 23.4 Å². The molecule has 3 aromatic rings. The second-order valence-corrected chi connectivity index (χ2v) is 8.94. The highest BCUT2D eigenvalue weighted by Crippen LogP contribution is 2.29. The molecular formula is C18H19N3O5S. The number of para-hydroxylation sites is 1. The predicted molar refractivity (Wildman–Crippen MR) is 98.7 cm³/mol. The third-order valence-corrected chi connectivity index (χ3v) is 6.76. The van der Waals surface area contributed by atoms with E-state index in [9.17, 15) is 13.2 Å². The minimum atomic E-state index is -3.76. The topological polar surface area (TPSA) is 122 Å². The molecule has 2 heterocycles. The molecule has 1 amide bonds. The van der Waals surface area contributed by atoms with Crippen molar-refractivity contribution in [1.82, 2.24) is 15.6 Å². The maximum atomic E-state index is 12.0. The van der Waals surface area contributed by atoms with Gasteiger partial charge in [0, 0.05) is 35.9 Å². The van der Waals surface area contributed by atoms with E-state index in [1.807, 2.05) is 30.3 Å². The van der Waals surface area contributed by atoms with Crippen LogP contribution in [0.3, 0.4) is 0 Å². The molecule has 0 aliphatic carbocycles. The van der Waals surface area contributed by atoms with E-state index in [1.165, 1.54) is 12.4 Å². The van der Waals surface area contributed by atoms with E-state index >= 15 is 0 Å². The number of amides is 1. The fraction of sp³-hybridized carbons (Fsp3) is 0.278. The van der Waals surface area contributed by atoms with Crippen LogP contribution in [0, 0.1) is 0 Å². The van der Waals surface area contributed by atoms with Crippen molar-refractivity contribution in [3.05, 3.63) is 48.4 Å². The number of nitrogens with one attached hydrogen (secondary N) is 1. The number of hydrogen-bond donors (Lipinski definition) is 2. The summed E-state index contributed by atoms with van der Waals surface area (Å²) >= 11 is 0. The molecule has 0 radical (unpaired) electrons. The molecule has 0 saturated carbocycles. The monoisotopic (exact) mass is 389 g/mol. The number of carbonyl (C=O) groups is 1. The number of hydroxylamine groups is 1. The van der Waals surface area contributed by atoms with E-state index in [0.717, 1.165) is 22.7 Å². The van der Waals surface area contributed by atoms with Crippen LogP contribution in [0.25, 0.3) is 22.2 Å². The Morgan fingerprint density at radius 2 is 2.04 bits per heavy atom. The van der Waals surface area contributed by atoms with Crippen molar-refractivity contribution in [2.75, 3.05) is 6.26 Å². The molecule has 0 aliphatic heterocycles. The van der Waals surface area contributed by atoms with Gasteiger partial charge < -0.3 is 4.52 Å². The lowest BCUT2D eigenvalue weighted by Crippen LogP contribution is -2.49. The zero-order valence-corrected chi connectivity index (χ0v) is 15.7. The lowest BCUT2D eigenvalue weighted by molar-refractivity contribution is -0.131.